The molecule has 0 bridgehead atoms. The number of aryl methyl sites for hydroxylation is 3. The number of halogens is 2. The first-order valence-corrected chi connectivity index (χ1v) is 12.0. The van der Waals surface area contributed by atoms with E-state index in [0.717, 1.165) is 32.6 Å². The van der Waals surface area contributed by atoms with Gasteiger partial charge in [0.15, 0.2) is 0 Å². The third kappa shape index (κ3) is 2.58. The van der Waals surface area contributed by atoms with E-state index in [9.17, 15) is 0 Å². The van der Waals surface area contributed by atoms with Crippen LogP contribution in [-0.4, -0.2) is 0 Å². The summed E-state index contributed by atoms with van der Waals surface area (Å²) in [4.78, 5) is 0. The molecule has 0 radical (unpaired) electrons. The summed E-state index contributed by atoms with van der Waals surface area (Å²) < 4.78 is 0. The van der Waals surface area contributed by atoms with E-state index in [0.29, 0.717) is 0 Å². The molecular formula is C21H21Cl2P. The minimum absolute atomic E-state index is 1.02. The number of rotatable bonds is 3. The molecule has 24 heavy (non-hydrogen) atoms. The van der Waals surface area contributed by atoms with E-state index in [-0.39, 0.29) is 0 Å². The second-order valence-electron chi connectivity index (χ2n) is 6.27. The third-order valence-electron chi connectivity index (χ3n) is 4.62. The first kappa shape index (κ1) is 17.5. The van der Waals surface area contributed by atoms with Gasteiger partial charge >= 0.3 is 154 Å². The molecule has 0 nitrogen and oxygen atoms in total. The molecule has 3 heteroatoms. The van der Waals surface area contributed by atoms with E-state index < -0.39 is 5.31 Å². The van der Waals surface area contributed by atoms with Crippen LogP contribution in [0.15, 0.2) is 72.8 Å². The van der Waals surface area contributed by atoms with Crippen molar-refractivity contribution >= 4 is 43.7 Å². The van der Waals surface area contributed by atoms with Crippen LogP contribution >= 0.6 is 27.8 Å². The number of hydrogen-bond donors (Lipinski definition) is 0. The molecule has 0 aromatic heterocycles. The van der Waals surface area contributed by atoms with E-state index in [1.54, 1.807) is 0 Å². The second kappa shape index (κ2) is 6.19. The summed E-state index contributed by atoms with van der Waals surface area (Å²) in [7, 11) is 0. The topological polar surface area (TPSA) is 0 Å². The van der Waals surface area contributed by atoms with Crippen molar-refractivity contribution in [1.29, 1.82) is 0 Å². The van der Waals surface area contributed by atoms with Gasteiger partial charge in [0.2, 0.25) is 0 Å². The first-order chi connectivity index (χ1) is 11.4. The van der Waals surface area contributed by atoms with Gasteiger partial charge in [-0.3, -0.25) is 0 Å². The fraction of sp³-hybridized carbons (Fsp3) is 0.143. The Morgan fingerprint density at radius 2 is 0.750 bits per heavy atom. The van der Waals surface area contributed by atoms with Gasteiger partial charge in [0, 0.05) is 0 Å². The molecule has 0 aliphatic rings. The van der Waals surface area contributed by atoms with Crippen molar-refractivity contribution in [1.82, 2.24) is 0 Å². The Kier molecular flexibility index (Phi) is 4.51. The summed E-state index contributed by atoms with van der Waals surface area (Å²) in [5.74, 6) is 0. The number of benzene rings is 3. The maximum atomic E-state index is 7.58. The van der Waals surface area contributed by atoms with Crippen LogP contribution in [0.5, 0.6) is 0 Å². The van der Waals surface area contributed by atoms with Crippen LogP contribution in [0.1, 0.15) is 16.7 Å². The molecule has 0 atom stereocenters. The summed E-state index contributed by atoms with van der Waals surface area (Å²) in [6.07, 6.45) is 0. The quantitative estimate of drug-likeness (QED) is 0.512. The minimum atomic E-state index is -3.57. The predicted molar refractivity (Wildman–Crippen MR) is 111 cm³/mol. The molecule has 0 saturated heterocycles. The molecular weight excluding hydrogens is 354 g/mol. The zero-order chi connectivity index (χ0) is 17.4. The van der Waals surface area contributed by atoms with E-state index >= 15 is 0 Å². The Morgan fingerprint density at radius 3 is 1.00 bits per heavy atom. The molecule has 0 unspecified atom stereocenters. The van der Waals surface area contributed by atoms with Gasteiger partial charge in [-0.05, 0) is 0 Å². The van der Waals surface area contributed by atoms with E-state index in [1.165, 1.54) is 0 Å². The van der Waals surface area contributed by atoms with Gasteiger partial charge in [-0.25, -0.2) is 0 Å². The summed E-state index contributed by atoms with van der Waals surface area (Å²) in [6, 6.07) is 24.6. The Balaban J connectivity index is 2.50. The molecule has 0 spiro atoms. The van der Waals surface area contributed by atoms with Crippen LogP contribution in [0, 0.1) is 20.8 Å². The van der Waals surface area contributed by atoms with Gasteiger partial charge in [0.25, 0.3) is 0 Å². The van der Waals surface area contributed by atoms with Crippen LogP contribution < -0.4 is 15.9 Å². The zero-order valence-corrected chi connectivity index (χ0v) is 16.5. The fourth-order valence-electron chi connectivity index (χ4n) is 3.40. The normalized spacial score (nSPS) is 13.3. The summed E-state index contributed by atoms with van der Waals surface area (Å²) in [5.41, 5.74) is 3.35. The van der Waals surface area contributed by atoms with Crippen molar-refractivity contribution in [3.63, 3.8) is 0 Å². The van der Waals surface area contributed by atoms with E-state index in [1.807, 2.05) is 36.4 Å². The number of hydrogen-bond acceptors (Lipinski definition) is 0. The standard InChI is InChI=1S/C21H21Cl2P/c1-16-10-4-7-13-19(16)24(22,23,20-14-8-5-11-17(20)2)21-15-9-6-12-18(21)3/h4-15H,1-3H3. The summed E-state index contributed by atoms with van der Waals surface area (Å²) in [6.45, 7) is 6.24. The van der Waals surface area contributed by atoms with Crippen molar-refractivity contribution in [3.8, 4) is 0 Å². The van der Waals surface area contributed by atoms with Crippen LogP contribution in [0.2, 0.25) is 0 Å². The van der Waals surface area contributed by atoms with Gasteiger partial charge in [-0.1, -0.05) is 0 Å². The molecule has 0 aliphatic heterocycles. The molecule has 3 aromatic carbocycles. The van der Waals surface area contributed by atoms with Crippen molar-refractivity contribution in [2.45, 2.75) is 20.8 Å². The van der Waals surface area contributed by atoms with Crippen LogP contribution in [0.4, 0.5) is 0 Å². The first-order valence-electron chi connectivity index (χ1n) is 7.99. The fourth-order valence-corrected chi connectivity index (χ4v) is 10.7. The Hall–Kier alpha value is -1.33. The third-order valence-corrected chi connectivity index (χ3v) is 11.9. The average Bonchev–Trinajstić information content (AvgIpc) is 2.56. The summed E-state index contributed by atoms with van der Waals surface area (Å²) >= 11 is 15.2. The molecule has 124 valence electrons. The van der Waals surface area contributed by atoms with Crippen LogP contribution in [0.25, 0.3) is 0 Å². The Morgan fingerprint density at radius 1 is 0.500 bits per heavy atom. The molecule has 0 fully saturated rings. The monoisotopic (exact) mass is 374 g/mol. The van der Waals surface area contributed by atoms with Crippen molar-refractivity contribution in [3.05, 3.63) is 89.5 Å². The van der Waals surface area contributed by atoms with Gasteiger partial charge < -0.3 is 0 Å². The molecule has 3 aromatic rings. The van der Waals surface area contributed by atoms with Gasteiger partial charge in [0.05, 0.1) is 0 Å². The van der Waals surface area contributed by atoms with Crippen LogP contribution in [-0.2, 0) is 0 Å². The van der Waals surface area contributed by atoms with Crippen LogP contribution in [0.3, 0.4) is 0 Å². The van der Waals surface area contributed by atoms with Gasteiger partial charge in [-0.15, -0.1) is 0 Å². The average molecular weight is 375 g/mol. The van der Waals surface area contributed by atoms with Crippen molar-refractivity contribution < 1.29 is 0 Å². The van der Waals surface area contributed by atoms with Crippen molar-refractivity contribution in [2.24, 2.45) is 0 Å². The SMILES string of the molecule is Cc1ccccc1P(Cl)(Cl)(c1ccccc1C)c1ccccc1C. The van der Waals surface area contributed by atoms with E-state index in [4.69, 9.17) is 22.5 Å². The predicted octanol–water partition coefficient (Wildman–Crippen LogP) is 5.75. The van der Waals surface area contributed by atoms with E-state index in [2.05, 4.69) is 57.2 Å². The summed E-state index contributed by atoms with van der Waals surface area (Å²) in [5, 5.41) is -0.503. The molecule has 0 amide bonds. The van der Waals surface area contributed by atoms with Gasteiger partial charge in [-0.2, -0.15) is 0 Å². The second-order valence-corrected chi connectivity index (χ2v) is 14.1. The molecule has 0 N–H and O–H groups in total. The Labute approximate surface area is 154 Å². The zero-order valence-electron chi connectivity index (χ0n) is 14.1. The molecule has 0 heterocycles. The van der Waals surface area contributed by atoms with Crippen molar-refractivity contribution in [2.75, 3.05) is 0 Å². The molecule has 0 aliphatic carbocycles. The maximum absolute atomic E-state index is 7.58. The Bertz CT molecular complexity index is 782. The molecule has 3 rings (SSSR count). The molecule has 0 saturated carbocycles. The van der Waals surface area contributed by atoms with Gasteiger partial charge in [0.1, 0.15) is 0 Å².